The number of halogens is 4. The van der Waals surface area contributed by atoms with Crippen LogP contribution in [0.2, 0.25) is 5.02 Å². The zero-order chi connectivity index (χ0) is 29.7. The molecule has 0 aliphatic carbocycles. The van der Waals surface area contributed by atoms with E-state index in [0.29, 0.717) is 24.5 Å². The van der Waals surface area contributed by atoms with Crippen LogP contribution in [0.25, 0.3) is 11.3 Å². The van der Waals surface area contributed by atoms with Crippen molar-refractivity contribution in [1.82, 2.24) is 19.4 Å². The second kappa shape index (κ2) is 10.7. The smallest absolute Gasteiger partial charge is 0.431 e. The van der Waals surface area contributed by atoms with Crippen LogP contribution in [-0.4, -0.2) is 63.1 Å². The van der Waals surface area contributed by atoms with Crippen LogP contribution in [0.5, 0.6) is 0 Å². The molecule has 0 N–H and O–H groups in total. The van der Waals surface area contributed by atoms with Crippen molar-refractivity contribution < 1.29 is 27.5 Å². The van der Waals surface area contributed by atoms with Gasteiger partial charge in [-0.25, -0.2) is 4.79 Å². The van der Waals surface area contributed by atoms with Gasteiger partial charge >= 0.3 is 12.3 Å². The van der Waals surface area contributed by atoms with Crippen LogP contribution in [0, 0.1) is 12.3 Å². The van der Waals surface area contributed by atoms with Gasteiger partial charge in [0.15, 0.2) is 0 Å². The van der Waals surface area contributed by atoms with Crippen molar-refractivity contribution in [2.45, 2.75) is 85.7 Å². The van der Waals surface area contributed by atoms with Gasteiger partial charge in [0.05, 0.1) is 10.7 Å². The molecule has 7 nitrogen and oxygen atoms in total. The molecule has 1 saturated heterocycles. The number of hydrogen-bond acceptors (Lipinski definition) is 4. The Morgan fingerprint density at radius 1 is 1.21 bits per heavy atom. The number of alkyl halides is 3. The zero-order valence-electron chi connectivity index (χ0n) is 24.0. The molecule has 2 aromatic heterocycles. The number of likely N-dealkylation sites (tertiary alicyclic amines) is 1. The standard InChI is InChI=1S/C28H38ClF3N4O3/c1-16(2)36-22(21(17(3)23(36)28(30,31)32)19-11-10-18(29)14-33-19)24(37)34(9)20-12-13-35(15-27(20,7)8)25(38)39-26(4,5)6/h10-11,14,16,20H,12-13,15H2,1-9H3. The molecule has 0 saturated carbocycles. The molecule has 11 heteroatoms. The third kappa shape index (κ3) is 6.36. The van der Waals surface area contributed by atoms with E-state index in [1.165, 1.54) is 30.2 Å². The number of amides is 2. The van der Waals surface area contributed by atoms with Crippen molar-refractivity contribution in [1.29, 1.82) is 0 Å². The van der Waals surface area contributed by atoms with E-state index in [2.05, 4.69) is 4.98 Å². The van der Waals surface area contributed by atoms with Crippen LogP contribution in [-0.2, 0) is 10.9 Å². The lowest BCUT2D eigenvalue weighted by atomic mass is 9.78. The molecule has 1 aliphatic heterocycles. The van der Waals surface area contributed by atoms with E-state index in [0.717, 1.165) is 4.57 Å². The maximum absolute atomic E-state index is 14.4. The van der Waals surface area contributed by atoms with E-state index in [1.54, 1.807) is 46.6 Å². The van der Waals surface area contributed by atoms with E-state index in [-0.39, 0.29) is 28.6 Å². The van der Waals surface area contributed by atoms with Crippen LogP contribution in [0.1, 0.15) is 82.7 Å². The summed E-state index contributed by atoms with van der Waals surface area (Å²) in [5.74, 6) is -0.544. The van der Waals surface area contributed by atoms with Gasteiger partial charge in [-0.2, -0.15) is 13.2 Å². The average molecular weight is 571 g/mol. The Balaban J connectivity index is 2.08. The Kier molecular flexibility index (Phi) is 8.42. The van der Waals surface area contributed by atoms with E-state index >= 15 is 0 Å². The van der Waals surface area contributed by atoms with Gasteiger partial charge in [-0.15, -0.1) is 0 Å². The van der Waals surface area contributed by atoms with Gasteiger partial charge < -0.3 is 19.1 Å². The highest BCUT2D eigenvalue weighted by atomic mass is 35.5. The fourth-order valence-electron chi connectivity index (χ4n) is 5.48. The third-order valence-corrected chi connectivity index (χ3v) is 7.26. The van der Waals surface area contributed by atoms with Gasteiger partial charge in [-0.3, -0.25) is 9.78 Å². The Hall–Kier alpha value is -2.75. The first-order valence-corrected chi connectivity index (χ1v) is 13.3. The summed E-state index contributed by atoms with van der Waals surface area (Å²) in [6.45, 7) is 14.5. The van der Waals surface area contributed by atoms with Crippen LogP contribution >= 0.6 is 11.6 Å². The van der Waals surface area contributed by atoms with Gasteiger partial charge in [0.2, 0.25) is 0 Å². The van der Waals surface area contributed by atoms with Crippen molar-refractivity contribution in [2.24, 2.45) is 5.41 Å². The minimum atomic E-state index is -4.69. The lowest BCUT2D eigenvalue weighted by Gasteiger charge is -2.47. The van der Waals surface area contributed by atoms with Crippen molar-refractivity contribution in [3.8, 4) is 11.3 Å². The maximum atomic E-state index is 14.4. The lowest BCUT2D eigenvalue weighted by molar-refractivity contribution is -0.144. The Bertz CT molecular complexity index is 1230. The molecular weight excluding hydrogens is 533 g/mol. The number of nitrogens with zero attached hydrogens (tertiary/aromatic N) is 4. The van der Waals surface area contributed by atoms with Crippen molar-refractivity contribution >= 4 is 23.6 Å². The lowest BCUT2D eigenvalue weighted by Crippen LogP contribution is -2.57. The number of ether oxygens (including phenoxy) is 1. The van der Waals surface area contributed by atoms with Crippen LogP contribution in [0.3, 0.4) is 0 Å². The fraction of sp³-hybridized carbons (Fsp3) is 0.607. The van der Waals surface area contributed by atoms with Crippen LogP contribution in [0.4, 0.5) is 18.0 Å². The highest BCUT2D eigenvalue weighted by molar-refractivity contribution is 6.30. The maximum Gasteiger partial charge on any atom is 0.431 e. The van der Waals surface area contributed by atoms with Gasteiger partial charge in [0, 0.05) is 49.4 Å². The summed E-state index contributed by atoms with van der Waals surface area (Å²) in [5, 5.41) is 0.333. The van der Waals surface area contributed by atoms with Crippen molar-refractivity contribution in [2.75, 3.05) is 20.1 Å². The van der Waals surface area contributed by atoms with Crippen LogP contribution < -0.4 is 0 Å². The molecule has 0 radical (unpaired) electrons. The topological polar surface area (TPSA) is 67.7 Å². The summed E-state index contributed by atoms with van der Waals surface area (Å²) in [7, 11) is 1.61. The number of piperidine rings is 1. The Morgan fingerprint density at radius 2 is 1.82 bits per heavy atom. The molecule has 0 bridgehead atoms. The number of pyridine rings is 1. The molecule has 1 atom stereocenters. The minimum absolute atomic E-state index is 0.0678. The number of carbonyl (C=O) groups is 2. The molecule has 1 unspecified atom stereocenters. The predicted octanol–water partition coefficient (Wildman–Crippen LogP) is 7.22. The quantitative estimate of drug-likeness (QED) is 0.389. The highest BCUT2D eigenvalue weighted by Crippen LogP contribution is 2.43. The Morgan fingerprint density at radius 3 is 2.28 bits per heavy atom. The first-order chi connectivity index (χ1) is 17.8. The molecule has 1 fully saturated rings. The monoisotopic (exact) mass is 570 g/mol. The Labute approximate surface area is 233 Å². The summed E-state index contributed by atoms with van der Waals surface area (Å²) in [6.07, 6.45) is -3.33. The van der Waals surface area contributed by atoms with Crippen molar-refractivity contribution in [3.63, 3.8) is 0 Å². The summed E-state index contributed by atoms with van der Waals surface area (Å²) in [6, 6.07) is 2.06. The molecule has 3 heterocycles. The first-order valence-electron chi connectivity index (χ1n) is 12.9. The SMILES string of the molecule is Cc1c(-c2ccc(Cl)cn2)c(C(=O)N(C)C2CCN(C(=O)OC(C)(C)C)CC2(C)C)n(C(C)C)c1C(F)(F)F. The number of rotatable bonds is 4. The fourth-order valence-corrected chi connectivity index (χ4v) is 5.59. The normalized spacial score (nSPS) is 17.9. The van der Waals surface area contributed by atoms with Gasteiger partial charge in [0.1, 0.15) is 17.0 Å². The summed E-state index contributed by atoms with van der Waals surface area (Å²) in [4.78, 5) is 34.3. The molecule has 3 rings (SSSR count). The summed E-state index contributed by atoms with van der Waals surface area (Å²) < 4.78 is 49.8. The number of hydrogen-bond donors (Lipinski definition) is 0. The minimum Gasteiger partial charge on any atom is -0.444 e. The van der Waals surface area contributed by atoms with Gasteiger partial charge in [-0.05, 0) is 65.7 Å². The van der Waals surface area contributed by atoms with Crippen LogP contribution in [0.15, 0.2) is 18.3 Å². The number of aromatic nitrogens is 2. The second-order valence-corrected chi connectivity index (χ2v) is 12.6. The summed E-state index contributed by atoms with van der Waals surface area (Å²) in [5.41, 5.74) is -1.85. The number of carbonyl (C=O) groups excluding carboxylic acids is 2. The molecular formula is C28H38ClF3N4O3. The van der Waals surface area contributed by atoms with Gasteiger partial charge in [-0.1, -0.05) is 25.4 Å². The molecule has 2 aromatic rings. The molecule has 2 amide bonds. The van der Waals surface area contributed by atoms with Crippen molar-refractivity contribution in [3.05, 3.63) is 40.3 Å². The predicted molar refractivity (Wildman–Crippen MR) is 145 cm³/mol. The molecule has 39 heavy (non-hydrogen) atoms. The van der Waals surface area contributed by atoms with E-state index in [4.69, 9.17) is 16.3 Å². The molecule has 0 aromatic carbocycles. The third-order valence-electron chi connectivity index (χ3n) is 7.03. The first kappa shape index (κ1) is 30.8. The largest absolute Gasteiger partial charge is 0.444 e. The molecule has 1 aliphatic rings. The van der Waals surface area contributed by atoms with Gasteiger partial charge in [0.25, 0.3) is 5.91 Å². The van der Waals surface area contributed by atoms with E-state index in [1.807, 2.05) is 13.8 Å². The van der Waals surface area contributed by atoms with E-state index < -0.39 is 40.9 Å². The average Bonchev–Trinajstić information content (AvgIpc) is 3.10. The highest BCUT2D eigenvalue weighted by Gasteiger charge is 2.46. The molecule has 0 spiro atoms. The second-order valence-electron chi connectivity index (χ2n) is 12.1. The zero-order valence-corrected chi connectivity index (χ0v) is 24.8. The summed E-state index contributed by atoms with van der Waals surface area (Å²) >= 11 is 5.99. The van der Waals surface area contributed by atoms with E-state index in [9.17, 15) is 22.8 Å². The molecule has 216 valence electrons.